The van der Waals surface area contributed by atoms with Crippen molar-refractivity contribution < 1.29 is 23.9 Å². The van der Waals surface area contributed by atoms with E-state index in [2.05, 4.69) is 14.5 Å². The van der Waals surface area contributed by atoms with E-state index in [9.17, 15) is 14.4 Å². The lowest BCUT2D eigenvalue weighted by molar-refractivity contribution is -0.139. The van der Waals surface area contributed by atoms with Gasteiger partial charge in [-0.15, -0.1) is 0 Å². The molecule has 26 heavy (non-hydrogen) atoms. The molecule has 0 aliphatic heterocycles. The third-order valence-electron chi connectivity index (χ3n) is 3.47. The van der Waals surface area contributed by atoms with E-state index in [4.69, 9.17) is 23.2 Å². The number of nitrogens with zero attached hydrogens (tertiary/aromatic N) is 2. The molecule has 0 bridgehead atoms. The maximum absolute atomic E-state index is 12.7. The minimum Gasteiger partial charge on any atom is -0.469 e. The van der Waals surface area contributed by atoms with Crippen molar-refractivity contribution in [2.45, 2.75) is 19.3 Å². The van der Waals surface area contributed by atoms with E-state index in [1.807, 2.05) is 0 Å². The Morgan fingerprint density at radius 1 is 1.23 bits per heavy atom. The summed E-state index contributed by atoms with van der Waals surface area (Å²) in [5.74, 6) is -1.33. The maximum Gasteiger partial charge on any atom is 0.330 e. The Bertz CT molecular complexity index is 707. The van der Waals surface area contributed by atoms with E-state index in [0.29, 0.717) is 24.9 Å². The minimum absolute atomic E-state index is 0.0705. The lowest BCUT2D eigenvalue weighted by Gasteiger charge is -2.19. The summed E-state index contributed by atoms with van der Waals surface area (Å²) in [6.45, 7) is 0.418. The summed E-state index contributed by atoms with van der Waals surface area (Å²) < 4.78 is 9.12. The van der Waals surface area contributed by atoms with Gasteiger partial charge in [-0.25, -0.2) is 9.78 Å². The highest BCUT2D eigenvalue weighted by Crippen LogP contribution is 2.24. The van der Waals surface area contributed by atoms with Crippen LogP contribution in [0.15, 0.2) is 18.2 Å². The van der Waals surface area contributed by atoms with Gasteiger partial charge in [0.1, 0.15) is 10.3 Å². The van der Waals surface area contributed by atoms with Crippen LogP contribution in [0.2, 0.25) is 10.3 Å². The standard InChI is InChI=1S/C17H20Cl2N2O5/c1-21(8-6-4-5-7-13(22)25-2)17(24)15-11(10-14(23)26-3)9-12(18)20-16(15)19/h5,7,9H,4,6,8,10H2,1-3H3/b7-5+. The van der Waals surface area contributed by atoms with Crippen LogP contribution in [0.5, 0.6) is 0 Å². The van der Waals surface area contributed by atoms with Gasteiger partial charge >= 0.3 is 11.9 Å². The van der Waals surface area contributed by atoms with Gasteiger partial charge in [0.2, 0.25) is 0 Å². The molecule has 0 aromatic carbocycles. The van der Waals surface area contributed by atoms with E-state index < -0.39 is 11.9 Å². The summed E-state index contributed by atoms with van der Waals surface area (Å²) in [6, 6.07) is 1.42. The Balaban J connectivity index is 2.83. The fourth-order valence-electron chi connectivity index (χ4n) is 2.11. The molecule has 1 aromatic heterocycles. The van der Waals surface area contributed by atoms with E-state index in [1.165, 1.54) is 31.3 Å². The fraction of sp³-hybridized carbons (Fsp3) is 0.412. The quantitative estimate of drug-likeness (QED) is 0.287. The molecule has 0 spiro atoms. The van der Waals surface area contributed by atoms with Crippen molar-refractivity contribution in [2.24, 2.45) is 0 Å². The van der Waals surface area contributed by atoms with Crippen LogP contribution >= 0.6 is 23.2 Å². The van der Waals surface area contributed by atoms with E-state index in [1.54, 1.807) is 13.1 Å². The molecular formula is C17H20Cl2N2O5. The summed E-state index contributed by atoms with van der Waals surface area (Å²) in [5.41, 5.74) is 0.471. The topological polar surface area (TPSA) is 85.8 Å². The molecule has 1 rings (SSSR count). The molecule has 0 saturated heterocycles. The Morgan fingerprint density at radius 3 is 2.54 bits per heavy atom. The van der Waals surface area contributed by atoms with Crippen molar-refractivity contribution in [3.05, 3.63) is 39.7 Å². The fourth-order valence-corrected chi connectivity index (χ4v) is 2.66. The van der Waals surface area contributed by atoms with Gasteiger partial charge in [0.25, 0.3) is 5.91 Å². The molecule has 0 atom stereocenters. The van der Waals surface area contributed by atoms with E-state index in [0.717, 1.165) is 0 Å². The van der Waals surface area contributed by atoms with Crippen LogP contribution in [0.1, 0.15) is 28.8 Å². The average molecular weight is 403 g/mol. The number of halogens is 2. The number of hydrogen-bond acceptors (Lipinski definition) is 6. The summed E-state index contributed by atoms with van der Waals surface area (Å²) in [7, 11) is 4.16. The molecule has 0 radical (unpaired) electrons. The van der Waals surface area contributed by atoms with Gasteiger partial charge in [-0.2, -0.15) is 0 Å². The van der Waals surface area contributed by atoms with Crippen molar-refractivity contribution in [2.75, 3.05) is 27.8 Å². The lowest BCUT2D eigenvalue weighted by atomic mass is 10.1. The Kier molecular flexibility index (Phi) is 9.09. The largest absolute Gasteiger partial charge is 0.469 e. The summed E-state index contributed by atoms with van der Waals surface area (Å²) >= 11 is 11.9. The summed E-state index contributed by atoms with van der Waals surface area (Å²) in [4.78, 5) is 40.6. The number of hydrogen-bond donors (Lipinski definition) is 0. The zero-order chi connectivity index (χ0) is 19.7. The van der Waals surface area contributed by atoms with Crippen LogP contribution in [-0.4, -0.2) is 55.5 Å². The summed E-state index contributed by atoms with van der Waals surface area (Å²) in [6.07, 6.45) is 4.07. The van der Waals surface area contributed by atoms with E-state index >= 15 is 0 Å². The number of carbonyl (C=O) groups excluding carboxylic acids is 3. The normalized spacial score (nSPS) is 10.7. The molecule has 0 unspecified atom stereocenters. The van der Waals surface area contributed by atoms with Gasteiger partial charge < -0.3 is 14.4 Å². The van der Waals surface area contributed by atoms with Crippen LogP contribution in [0.4, 0.5) is 0 Å². The highest BCUT2D eigenvalue weighted by atomic mass is 35.5. The van der Waals surface area contributed by atoms with Gasteiger partial charge in [0, 0.05) is 19.7 Å². The Hall–Kier alpha value is -2.12. The molecule has 0 saturated carbocycles. The van der Waals surface area contributed by atoms with Crippen molar-refractivity contribution in [3.8, 4) is 0 Å². The Labute approximate surface area is 161 Å². The number of aromatic nitrogens is 1. The second kappa shape index (κ2) is 10.8. The predicted octanol–water partition coefficient (Wildman–Crippen LogP) is 2.69. The van der Waals surface area contributed by atoms with E-state index in [-0.39, 0.29) is 28.2 Å². The van der Waals surface area contributed by atoms with Gasteiger partial charge in [-0.3, -0.25) is 9.59 Å². The third kappa shape index (κ3) is 6.65. The monoisotopic (exact) mass is 402 g/mol. The van der Waals surface area contributed by atoms with Gasteiger partial charge in [0.15, 0.2) is 0 Å². The zero-order valence-electron chi connectivity index (χ0n) is 14.8. The first kappa shape index (κ1) is 21.9. The Morgan fingerprint density at radius 2 is 1.92 bits per heavy atom. The highest BCUT2D eigenvalue weighted by molar-refractivity contribution is 6.35. The number of pyridine rings is 1. The van der Waals surface area contributed by atoms with Gasteiger partial charge in [-0.1, -0.05) is 29.3 Å². The highest BCUT2D eigenvalue weighted by Gasteiger charge is 2.22. The molecule has 7 nitrogen and oxygen atoms in total. The molecule has 1 aromatic rings. The molecule has 0 aliphatic carbocycles. The van der Waals surface area contributed by atoms with Crippen molar-refractivity contribution in [1.82, 2.24) is 9.88 Å². The average Bonchev–Trinajstić information content (AvgIpc) is 2.59. The van der Waals surface area contributed by atoms with Gasteiger partial charge in [-0.05, 0) is 24.5 Å². The smallest absolute Gasteiger partial charge is 0.330 e. The number of methoxy groups -OCH3 is 2. The van der Waals surface area contributed by atoms with Crippen LogP contribution < -0.4 is 0 Å². The summed E-state index contributed by atoms with van der Waals surface area (Å²) in [5, 5.41) is 0.0138. The lowest BCUT2D eigenvalue weighted by Crippen LogP contribution is -2.29. The molecule has 0 N–H and O–H groups in total. The van der Waals surface area contributed by atoms with Crippen LogP contribution in [0, 0.1) is 0 Å². The molecule has 9 heteroatoms. The van der Waals surface area contributed by atoms with Crippen molar-refractivity contribution >= 4 is 41.0 Å². The predicted molar refractivity (Wildman–Crippen MR) is 97.3 cm³/mol. The van der Waals surface area contributed by atoms with Crippen molar-refractivity contribution in [1.29, 1.82) is 0 Å². The molecule has 0 aliphatic rings. The maximum atomic E-state index is 12.7. The number of unbranched alkanes of at least 4 members (excludes halogenated alkanes) is 1. The van der Waals surface area contributed by atoms with Crippen LogP contribution in [0.25, 0.3) is 0 Å². The van der Waals surface area contributed by atoms with Gasteiger partial charge in [0.05, 0.1) is 26.2 Å². The first-order chi connectivity index (χ1) is 12.3. The first-order valence-electron chi connectivity index (χ1n) is 7.71. The molecule has 142 valence electrons. The molecule has 1 amide bonds. The minimum atomic E-state index is -0.520. The number of rotatable bonds is 8. The SMILES string of the molecule is COC(=O)/C=C/CCCN(C)C(=O)c1c(CC(=O)OC)cc(Cl)nc1Cl. The van der Waals surface area contributed by atoms with Crippen molar-refractivity contribution in [3.63, 3.8) is 0 Å². The molecule has 1 heterocycles. The molecular weight excluding hydrogens is 383 g/mol. The molecule has 0 fully saturated rings. The number of carbonyl (C=O) groups is 3. The number of esters is 2. The third-order valence-corrected chi connectivity index (χ3v) is 3.94. The number of allylic oxidation sites excluding steroid dienone is 1. The second-order valence-corrected chi connectivity index (χ2v) is 6.06. The zero-order valence-corrected chi connectivity index (χ0v) is 16.3. The van der Waals surface area contributed by atoms with Crippen LogP contribution in [0.3, 0.4) is 0 Å². The second-order valence-electron chi connectivity index (χ2n) is 5.32. The van der Waals surface area contributed by atoms with Crippen LogP contribution in [-0.2, 0) is 25.5 Å². The number of ether oxygens (including phenoxy) is 2. The first-order valence-corrected chi connectivity index (χ1v) is 8.47. The number of amides is 1.